The predicted octanol–water partition coefficient (Wildman–Crippen LogP) is 1.37. The van der Waals surface area contributed by atoms with Crippen molar-refractivity contribution >= 4 is 5.91 Å². The molecule has 2 rings (SSSR count). The summed E-state index contributed by atoms with van der Waals surface area (Å²) in [6.45, 7) is 2.45. The molecule has 3 nitrogen and oxygen atoms in total. The predicted molar refractivity (Wildman–Crippen MR) is 61.8 cm³/mol. The molecule has 86 valence electrons. The number of carbonyl (C=O) groups is 1. The van der Waals surface area contributed by atoms with Crippen LogP contribution >= 0.6 is 0 Å². The van der Waals surface area contributed by atoms with Crippen LogP contribution in [0, 0.1) is 5.92 Å². The fraction of sp³-hybridized carbons (Fsp3) is 0.462. The van der Waals surface area contributed by atoms with Gasteiger partial charge in [-0.1, -0.05) is 30.3 Å². The quantitative estimate of drug-likeness (QED) is 0.816. The summed E-state index contributed by atoms with van der Waals surface area (Å²) in [5.41, 5.74) is -0.257. The fourth-order valence-corrected chi connectivity index (χ4v) is 2.32. The van der Waals surface area contributed by atoms with Gasteiger partial charge in [-0.15, -0.1) is 0 Å². The Balaban J connectivity index is 2.29. The molecule has 1 aliphatic rings. The summed E-state index contributed by atoms with van der Waals surface area (Å²) in [6.07, 6.45) is 0.719. The maximum Gasteiger partial charge on any atom is 0.228 e. The summed E-state index contributed by atoms with van der Waals surface area (Å²) in [4.78, 5) is 13.6. The Bertz CT molecular complexity index is 386. The zero-order valence-electron chi connectivity index (χ0n) is 9.68. The van der Waals surface area contributed by atoms with Gasteiger partial charge in [0, 0.05) is 13.6 Å². The lowest BCUT2D eigenvalue weighted by Crippen LogP contribution is -2.37. The first kappa shape index (κ1) is 11.1. The number of hydrogen-bond donors (Lipinski definition) is 1. The molecule has 0 spiro atoms. The lowest BCUT2D eigenvalue weighted by Gasteiger charge is -2.29. The molecule has 1 aliphatic heterocycles. The number of benzene rings is 1. The maximum absolute atomic E-state index is 11.9. The molecule has 3 heteroatoms. The van der Waals surface area contributed by atoms with Crippen LogP contribution in [-0.2, 0) is 10.4 Å². The van der Waals surface area contributed by atoms with Crippen LogP contribution in [0.25, 0.3) is 0 Å². The van der Waals surface area contributed by atoms with Crippen molar-refractivity contribution in [2.24, 2.45) is 5.92 Å². The van der Waals surface area contributed by atoms with E-state index in [0.29, 0.717) is 0 Å². The van der Waals surface area contributed by atoms with Crippen molar-refractivity contribution in [2.75, 3.05) is 13.6 Å². The number of amides is 1. The second-order valence-corrected chi connectivity index (χ2v) is 4.61. The van der Waals surface area contributed by atoms with Crippen molar-refractivity contribution in [3.05, 3.63) is 35.9 Å². The molecular formula is C13H17NO2. The van der Waals surface area contributed by atoms with Crippen molar-refractivity contribution in [3.8, 4) is 0 Å². The Hall–Kier alpha value is -1.35. The van der Waals surface area contributed by atoms with E-state index in [1.165, 1.54) is 0 Å². The Morgan fingerprint density at radius 3 is 2.50 bits per heavy atom. The molecule has 2 atom stereocenters. The van der Waals surface area contributed by atoms with E-state index in [9.17, 15) is 9.90 Å². The highest BCUT2D eigenvalue weighted by Crippen LogP contribution is 2.35. The second kappa shape index (κ2) is 3.91. The zero-order valence-corrected chi connectivity index (χ0v) is 9.68. The van der Waals surface area contributed by atoms with Crippen molar-refractivity contribution in [1.29, 1.82) is 0 Å². The molecule has 1 amide bonds. The number of nitrogens with zero attached hydrogens (tertiary/aromatic N) is 1. The van der Waals surface area contributed by atoms with E-state index in [1.54, 1.807) is 18.9 Å². The van der Waals surface area contributed by atoms with Gasteiger partial charge in [-0.3, -0.25) is 4.79 Å². The maximum atomic E-state index is 11.9. The summed E-state index contributed by atoms with van der Waals surface area (Å²) in [6, 6.07) is 9.40. The van der Waals surface area contributed by atoms with Crippen molar-refractivity contribution < 1.29 is 9.90 Å². The normalized spacial score (nSPS) is 24.6. The number of rotatable bonds is 2. The molecule has 0 aromatic heterocycles. The molecule has 0 aliphatic carbocycles. The lowest BCUT2D eigenvalue weighted by molar-refractivity contribution is -0.137. The molecule has 1 fully saturated rings. The minimum absolute atomic E-state index is 0.0360. The van der Waals surface area contributed by atoms with E-state index in [4.69, 9.17) is 0 Å². The van der Waals surface area contributed by atoms with Gasteiger partial charge >= 0.3 is 0 Å². The van der Waals surface area contributed by atoms with Crippen molar-refractivity contribution in [2.45, 2.75) is 18.9 Å². The van der Waals surface area contributed by atoms with Gasteiger partial charge in [0.2, 0.25) is 5.91 Å². The number of carbonyl (C=O) groups excluding carboxylic acids is 1. The van der Waals surface area contributed by atoms with Crippen LogP contribution < -0.4 is 0 Å². The summed E-state index contributed by atoms with van der Waals surface area (Å²) in [5, 5.41) is 10.5. The van der Waals surface area contributed by atoms with E-state index in [1.807, 2.05) is 30.3 Å². The highest BCUT2D eigenvalue weighted by molar-refractivity contribution is 5.82. The van der Waals surface area contributed by atoms with E-state index in [-0.39, 0.29) is 11.8 Å². The van der Waals surface area contributed by atoms with Crippen LogP contribution in [0.15, 0.2) is 30.3 Å². The van der Waals surface area contributed by atoms with Gasteiger partial charge in [0.1, 0.15) is 0 Å². The van der Waals surface area contributed by atoms with E-state index < -0.39 is 5.60 Å². The van der Waals surface area contributed by atoms with Gasteiger partial charge in [0.15, 0.2) is 0 Å². The van der Waals surface area contributed by atoms with Gasteiger partial charge in [-0.25, -0.2) is 0 Å². The first-order valence-electron chi connectivity index (χ1n) is 5.56. The summed E-state index contributed by atoms with van der Waals surface area (Å²) < 4.78 is 0. The fourth-order valence-electron chi connectivity index (χ4n) is 2.32. The molecular weight excluding hydrogens is 202 g/mol. The van der Waals surface area contributed by atoms with Gasteiger partial charge in [-0.05, 0) is 18.9 Å². The van der Waals surface area contributed by atoms with E-state index >= 15 is 0 Å². The Kier molecular flexibility index (Phi) is 2.72. The first-order valence-corrected chi connectivity index (χ1v) is 5.56. The van der Waals surface area contributed by atoms with Crippen molar-refractivity contribution in [1.82, 2.24) is 4.90 Å². The largest absolute Gasteiger partial charge is 0.385 e. The lowest BCUT2D eigenvalue weighted by atomic mass is 9.82. The van der Waals surface area contributed by atoms with Crippen LogP contribution in [-0.4, -0.2) is 29.5 Å². The molecule has 0 bridgehead atoms. The standard InChI is InChI=1S/C13H17NO2/c1-13(16,10-6-4-3-5-7-10)11-8-9-14(2)12(11)15/h3-7,11,16H,8-9H2,1-2H3/t11-,13-/m0/s1. The monoisotopic (exact) mass is 219 g/mol. The molecule has 1 aromatic carbocycles. The van der Waals surface area contributed by atoms with Crippen LogP contribution in [0.4, 0.5) is 0 Å². The molecule has 1 N–H and O–H groups in total. The Morgan fingerprint density at radius 1 is 1.38 bits per heavy atom. The van der Waals surface area contributed by atoms with Crippen LogP contribution in [0.1, 0.15) is 18.9 Å². The summed E-state index contributed by atoms with van der Waals surface area (Å²) in [5.74, 6) is -0.284. The third-order valence-corrected chi connectivity index (χ3v) is 3.46. The number of aliphatic hydroxyl groups is 1. The van der Waals surface area contributed by atoms with Crippen LogP contribution in [0.3, 0.4) is 0 Å². The molecule has 0 radical (unpaired) electrons. The molecule has 0 unspecified atom stereocenters. The molecule has 0 saturated carbocycles. The SMILES string of the molecule is CN1CC[C@H]([C@@](C)(O)c2ccccc2)C1=O. The number of likely N-dealkylation sites (tertiary alicyclic amines) is 1. The molecule has 1 heterocycles. The molecule has 1 saturated heterocycles. The summed E-state index contributed by atoms with van der Waals surface area (Å²) in [7, 11) is 1.78. The van der Waals surface area contributed by atoms with Crippen molar-refractivity contribution in [3.63, 3.8) is 0 Å². The topological polar surface area (TPSA) is 40.5 Å². The van der Waals surface area contributed by atoms with Gasteiger partial charge in [0.05, 0.1) is 11.5 Å². The zero-order chi connectivity index (χ0) is 11.8. The average molecular weight is 219 g/mol. The Labute approximate surface area is 95.7 Å². The van der Waals surface area contributed by atoms with E-state index in [2.05, 4.69) is 0 Å². The Morgan fingerprint density at radius 2 is 2.00 bits per heavy atom. The highest BCUT2D eigenvalue weighted by Gasteiger charge is 2.43. The second-order valence-electron chi connectivity index (χ2n) is 4.61. The highest BCUT2D eigenvalue weighted by atomic mass is 16.3. The smallest absolute Gasteiger partial charge is 0.228 e. The molecule has 1 aromatic rings. The number of hydrogen-bond acceptors (Lipinski definition) is 2. The van der Waals surface area contributed by atoms with Crippen LogP contribution in [0.5, 0.6) is 0 Å². The van der Waals surface area contributed by atoms with Gasteiger partial charge in [0.25, 0.3) is 0 Å². The summed E-state index contributed by atoms with van der Waals surface area (Å²) >= 11 is 0. The average Bonchev–Trinajstić information content (AvgIpc) is 2.61. The van der Waals surface area contributed by atoms with Crippen LogP contribution in [0.2, 0.25) is 0 Å². The first-order chi connectivity index (χ1) is 7.53. The molecule has 16 heavy (non-hydrogen) atoms. The minimum Gasteiger partial charge on any atom is -0.385 e. The minimum atomic E-state index is -1.07. The third-order valence-electron chi connectivity index (χ3n) is 3.46. The van der Waals surface area contributed by atoms with Gasteiger partial charge < -0.3 is 10.0 Å². The third kappa shape index (κ3) is 1.71. The van der Waals surface area contributed by atoms with E-state index in [0.717, 1.165) is 18.5 Å². The van der Waals surface area contributed by atoms with Gasteiger partial charge in [-0.2, -0.15) is 0 Å².